The average molecular weight is 375 g/mol. The second kappa shape index (κ2) is 6.82. The highest BCUT2D eigenvalue weighted by Gasteiger charge is 2.13. The first-order valence-corrected chi connectivity index (χ1v) is 9.73. The second-order valence-corrected chi connectivity index (χ2v) is 8.01. The van der Waals surface area contributed by atoms with Crippen molar-refractivity contribution < 1.29 is 8.42 Å². The summed E-state index contributed by atoms with van der Waals surface area (Å²) in [5.74, 6) is 0. The van der Waals surface area contributed by atoms with Crippen molar-refractivity contribution in [2.45, 2.75) is 11.4 Å². The van der Waals surface area contributed by atoms with E-state index < -0.39 is 15.4 Å². The summed E-state index contributed by atoms with van der Waals surface area (Å²) in [6.07, 6.45) is 2.66. The number of rotatable bonds is 4. The fourth-order valence-corrected chi connectivity index (χ4v) is 3.30. The van der Waals surface area contributed by atoms with Crippen molar-refractivity contribution in [3.63, 3.8) is 0 Å². The van der Waals surface area contributed by atoms with Crippen molar-refractivity contribution in [2.75, 3.05) is 6.26 Å². The molecule has 7 heteroatoms. The molecule has 0 fully saturated rings. The summed E-state index contributed by atoms with van der Waals surface area (Å²) in [7, 11) is -3.28. The van der Waals surface area contributed by atoms with Crippen LogP contribution in [0.1, 0.15) is 5.56 Å². The Balaban J connectivity index is 1.96. The van der Waals surface area contributed by atoms with Gasteiger partial charge in [-0.25, -0.2) is 13.1 Å². The molecule has 0 aliphatic carbocycles. The van der Waals surface area contributed by atoms with Gasteiger partial charge in [-0.3, -0.25) is 4.79 Å². The molecule has 3 rings (SSSR count). The van der Waals surface area contributed by atoms with E-state index in [1.807, 2.05) is 30.3 Å². The zero-order valence-corrected chi connectivity index (χ0v) is 15.0. The van der Waals surface area contributed by atoms with Crippen molar-refractivity contribution in [1.82, 2.24) is 9.78 Å². The van der Waals surface area contributed by atoms with Gasteiger partial charge >= 0.3 is 0 Å². The minimum absolute atomic E-state index is 0.0537. The number of halogens is 1. The summed E-state index contributed by atoms with van der Waals surface area (Å²) in [5, 5.41) is 4.24. The molecule has 0 atom stereocenters. The normalized spacial score (nSPS) is 11.4. The molecule has 0 N–H and O–H groups in total. The fraction of sp³-hybridized carbons (Fsp3) is 0.111. The Morgan fingerprint density at radius 2 is 1.68 bits per heavy atom. The number of aromatic nitrogens is 2. The van der Waals surface area contributed by atoms with Gasteiger partial charge in [-0.15, -0.1) is 0 Å². The summed E-state index contributed by atoms with van der Waals surface area (Å²) in [6, 6.07) is 15.7. The number of nitrogens with zero attached hydrogens (tertiary/aromatic N) is 2. The Hall–Kier alpha value is -2.44. The molecule has 0 unspecified atom stereocenters. The molecule has 0 saturated carbocycles. The maximum atomic E-state index is 12.5. The quantitative estimate of drug-likeness (QED) is 0.704. The molecule has 2 aromatic carbocycles. The molecule has 0 bridgehead atoms. The molecular weight excluding hydrogens is 360 g/mol. The zero-order valence-electron chi connectivity index (χ0n) is 13.4. The van der Waals surface area contributed by atoms with Gasteiger partial charge in [0.05, 0.1) is 17.6 Å². The highest BCUT2D eigenvalue weighted by molar-refractivity contribution is 7.90. The standard InChI is InChI=1S/C18H15ClN2O3S/c1-25(23,24)15-9-7-14(8-10-15)16-11-20-21(18(22)17(16)19)12-13-5-3-2-4-6-13/h2-11H,12H2,1H3. The van der Waals surface area contributed by atoms with Crippen LogP contribution in [-0.2, 0) is 16.4 Å². The third-order valence-electron chi connectivity index (χ3n) is 3.75. The van der Waals surface area contributed by atoms with Gasteiger partial charge in [-0.2, -0.15) is 5.10 Å². The Kier molecular flexibility index (Phi) is 4.74. The summed E-state index contributed by atoms with van der Waals surface area (Å²) >= 11 is 6.24. The molecule has 3 aromatic rings. The van der Waals surface area contributed by atoms with Crippen LogP contribution in [0.25, 0.3) is 11.1 Å². The van der Waals surface area contributed by atoms with E-state index in [1.54, 1.807) is 12.1 Å². The van der Waals surface area contributed by atoms with Crippen molar-refractivity contribution in [3.05, 3.63) is 81.7 Å². The Morgan fingerprint density at radius 1 is 1.04 bits per heavy atom. The number of sulfone groups is 1. The predicted octanol–water partition coefficient (Wildman–Crippen LogP) is 3.02. The van der Waals surface area contributed by atoms with Crippen LogP contribution in [0.15, 0.2) is 70.5 Å². The average Bonchev–Trinajstić information content (AvgIpc) is 2.59. The van der Waals surface area contributed by atoms with Crippen molar-refractivity contribution >= 4 is 21.4 Å². The van der Waals surface area contributed by atoms with Crippen LogP contribution < -0.4 is 5.56 Å². The fourth-order valence-electron chi connectivity index (χ4n) is 2.42. The smallest absolute Gasteiger partial charge is 0.266 e. The van der Waals surface area contributed by atoms with Crippen LogP contribution >= 0.6 is 11.6 Å². The minimum Gasteiger partial charge on any atom is -0.266 e. The molecule has 0 radical (unpaired) electrons. The highest BCUT2D eigenvalue weighted by atomic mass is 35.5. The van der Waals surface area contributed by atoms with E-state index >= 15 is 0 Å². The lowest BCUT2D eigenvalue weighted by atomic mass is 10.1. The molecule has 0 aliphatic heterocycles. The lowest BCUT2D eigenvalue weighted by Gasteiger charge is -2.09. The van der Waals surface area contributed by atoms with E-state index in [4.69, 9.17) is 11.6 Å². The third kappa shape index (κ3) is 3.81. The zero-order chi connectivity index (χ0) is 18.0. The molecule has 0 amide bonds. The van der Waals surface area contributed by atoms with Crippen LogP contribution in [0, 0.1) is 0 Å². The van der Waals surface area contributed by atoms with Crippen LogP contribution in [0.3, 0.4) is 0 Å². The molecule has 0 saturated heterocycles. The van der Waals surface area contributed by atoms with Crippen molar-refractivity contribution in [3.8, 4) is 11.1 Å². The summed E-state index contributed by atoms with van der Waals surface area (Å²) < 4.78 is 24.4. The monoisotopic (exact) mass is 374 g/mol. The Labute approximate surface area is 150 Å². The van der Waals surface area contributed by atoms with Crippen LogP contribution in [0.4, 0.5) is 0 Å². The molecular formula is C18H15ClN2O3S. The lowest BCUT2D eigenvalue weighted by molar-refractivity contribution is 0.602. The molecule has 5 nitrogen and oxygen atoms in total. The van der Waals surface area contributed by atoms with E-state index in [-0.39, 0.29) is 9.92 Å². The first-order chi connectivity index (χ1) is 11.9. The largest absolute Gasteiger partial charge is 0.286 e. The number of hydrogen-bond donors (Lipinski definition) is 0. The van der Waals surface area contributed by atoms with Gasteiger partial charge in [0.2, 0.25) is 0 Å². The molecule has 1 heterocycles. The van der Waals surface area contributed by atoms with E-state index in [0.29, 0.717) is 17.7 Å². The lowest BCUT2D eigenvalue weighted by Crippen LogP contribution is -2.24. The molecule has 0 spiro atoms. The predicted molar refractivity (Wildman–Crippen MR) is 97.6 cm³/mol. The minimum atomic E-state index is -3.28. The van der Waals surface area contributed by atoms with Crippen LogP contribution in [0.5, 0.6) is 0 Å². The SMILES string of the molecule is CS(=O)(=O)c1ccc(-c2cnn(Cc3ccccc3)c(=O)c2Cl)cc1. The summed E-state index contributed by atoms with van der Waals surface area (Å²) in [6.45, 7) is 0.326. The highest BCUT2D eigenvalue weighted by Crippen LogP contribution is 2.25. The van der Waals surface area contributed by atoms with E-state index in [0.717, 1.165) is 11.8 Å². The Bertz CT molecular complexity index is 1060. The van der Waals surface area contributed by atoms with Gasteiger partial charge in [-0.05, 0) is 23.3 Å². The maximum Gasteiger partial charge on any atom is 0.286 e. The number of hydrogen-bond acceptors (Lipinski definition) is 4. The van der Waals surface area contributed by atoms with E-state index in [9.17, 15) is 13.2 Å². The number of benzene rings is 2. The van der Waals surface area contributed by atoms with E-state index in [2.05, 4.69) is 5.10 Å². The van der Waals surface area contributed by atoms with Crippen LogP contribution in [-0.4, -0.2) is 24.5 Å². The summed E-state index contributed by atoms with van der Waals surface area (Å²) in [5.41, 5.74) is 1.65. The van der Waals surface area contributed by atoms with Crippen molar-refractivity contribution in [1.29, 1.82) is 0 Å². The second-order valence-electron chi connectivity index (χ2n) is 5.62. The summed E-state index contributed by atoms with van der Waals surface area (Å²) in [4.78, 5) is 12.7. The van der Waals surface area contributed by atoms with Gasteiger partial charge < -0.3 is 0 Å². The first kappa shape index (κ1) is 17.4. The third-order valence-corrected chi connectivity index (χ3v) is 5.25. The molecule has 1 aromatic heterocycles. The molecule has 0 aliphatic rings. The van der Waals surface area contributed by atoms with Gasteiger partial charge in [-0.1, -0.05) is 54.1 Å². The maximum absolute atomic E-state index is 12.5. The van der Waals surface area contributed by atoms with Gasteiger partial charge in [0.15, 0.2) is 9.84 Å². The van der Waals surface area contributed by atoms with Gasteiger partial charge in [0.1, 0.15) is 5.02 Å². The van der Waals surface area contributed by atoms with Gasteiger partial charge in [0.25, 0.3) is 5.56 Å². The topological polar surface area (TPSA) is 69.0 Å². The van der Waals surface area contributed by atoms with E-state index in [1.165, 1.54) is 23.0 Å². The Morgan fingerprint density at radius 3 is 2.28 bits per heavy atom. The van der Waals surface area contributed by atoms with Gasteiger partial charge in [0, 0.05) is 11.8 Å². The van der Waals surface area contributed by atoms with Crippen molar-refractivity contribution in [2.24, 2.45) is 0 Å². The molecule has 25 heavy (non-hydrogen) atoms. The molecule has 128 valence electrons. The van der Waals surface area contributed by atoms with Crippen LogP contribution in [0.2, 0.25) is 5.02 Å². The first-order valence-electron chi connectivity index (χ1n) is 7.46.